The molecule has 0 aliphatic carbocycles. The van der Waals surface area contributed by atoms with Crippen molar-refractivity contribution < 1.29 is 19.1 Å². The summed E-state index contributed by atoms with van der Waals surface area (Å²) in [6.45, 7) is 2.13. The summed E-state index contributed by atoms with van der Waals surface area (Å²) in [5.41, 5.74) is 2.15. The summed E-state index contributed by atoms with van der Waals surface area (Å²) >= 11 is 0. The smallest absolute Gasteiger partial charge is 0.257 e. The molecular weight excluding hydrogens is 442 g/mol. The zero-order chi connectivity index (χ0) is 24.2. The van der Waals surface area contributed by atoms with E-state index in [1.807, 2.05) is 67.6 Å². The molecule has 3 aliphatic heterocycles. The molecule has 6 rings (SSSR count). The van der Waals surface area contributed by atoms with E-state index in [-0.39, 0.29) is 36.7 Å². The summed E-state index contributed by atoms with van der Waals surface area (Å²) < 4.78 is 6.02. The Morgan fingerprint density at radius 2 is 1.60 bits per heavy atom. The molecule has 3 amide bonds. The van der Waals surface area contributed by atoms with Crippen LogP contribution in [0.25, 0.3) is 0 Å². The van der Waals surface area contributed by atoms with Gasteiger partial charge in [-0.3, -0.25) is 19.3 Å². The number of rotatable bonds is 4. The molecule has 1 N–H and O–H groups in total. The third kappa shape index (κ3) is 3.30. The number of fused-ring (bicyclic) bond motifs is 5. The SMILES string of the molecule is CC12CCC(=O)N1c1ccccc1C(=O)N2CCC(=O)NC1c2ccccc2Oc2ccccc21. The Bertz CT molecular complexity index is 1320. The Kier molecular flexibility index (Phi) is 4.88. The molecule has 1 saturated heterocycles. The van der Waals surface area contributed by atoms with Gasteiger partial charge in [-0.1, -0.05) is 48.5 Å². The van der Waals surface area contributed by atoms with Gasteiger partial charge in [0.15, 0.2) is 0 Å². The van der Waals surface area contributed by atoms with Gasteiger partial charge in [-0.15, -0.1) is 0 Å². The standard InChI is InChI=1S/C28H25N3O4/c1-28-16-14-25(33)31(28)21-11-5-2-8-18(21)27(34)30(28)17-15-24(32)29-26-19-9-3-6-12-22(19)35-23-13-7-4-10-20(23)26/h2-13,26H,14-17H2,1H3,(H,29,32). The summed E-state index contributed by atoms with van der Waals surface area (Å²) in [4.78, 5) is 42.8. The zero-order valence-corrected chi connectivity index (χ0v) is 19.4. The molecule has 0 radical (unpaired) electrons. The lowest BCUT2D eigenvalue weighted by Gasteiger charge is -2.48. The zero-order valence-electron chi connectivity index (χ0n) is 19.4. The second-order valence-electron chi connectivity index (χ2n) is 9.35. The predicted octanol–water partition coefficient (Wildman–Crippen LogP) is 4.39. The maximum atomic E-state index is 13.4. The van der Waals surface area contributed by atoms with E-state index >= 15 is 0 Å². The summed E-state index contributed by atoms with van der Waals surface area (Å²) in [5.74, 6) is 1.10. The molecule has 0 aromatic heterocycles. The topological polar surface area (TPSA) is 79.0 Å². The Morgan fingerprint density at radius 3 is 2.31 bits per heavy atom. The first-order valence-corrected chi connectivity index (χ1v) is 11.9. The highest BCUT2D eigenvalue weighted by molar-refractivity contribution is 6.10. The van der Waals surface area contributed by atoms with Crippen LogP contribution in [0, 0.1) is 0 Å². The van der Waals surface area contributed by atoms with E-state index in [1.165, 1.54) is 0 Å². The van der Waals surface area contributed by atoms with Gasteiger partial charge in [0.25, 0.3) is 5.91 Å². The van der Waals surface area contributed by atoms with Gasteiger partial charge >= 0.3 is 0 Å². The summed E-state index contributed by atoms with van der Waals surface area (Å²) in [7, 11) is 0. The van der Waals surface area contributed by atoms with Crippen molar-refractivity contribution in [2.45, 2.75) is 37.9 Å². The van der Waals surface area contributed by atoms with E-state index in [0.29, 0.717) is 35.6 Å². The average molecular weight is 468 g/mol. The monoisotopic (exact) mass is 467 g/mol. The van der Waals surface area contributed by atoms with Gasteiger partial charge in [-0.05, 0) is 37.6 Å². The number of nitrogens with one attached hydrogen (secondary N) is 1. The number of benzene rings is 3. The fourth-order valence-electron chi connectivity index (χ4n) is 5.55. The molecule has 176 valence electrons. The first-order valence-electron chi connectivity index (χ1n) is 11.9. The molecule has 3 aromatic carbocycles. The van der Waals surface area contributed by atoms with Crippen LogP contribution in [0.15, 0.2) is 72.8 Å². The highest BCUT2D eigenvalue weighted by Gasteiger charge is 2.52. The molecule has 0 saturated carbocycles. The highest BCUT2D eigenvalue weighted by atomic mass is 16.5. The van der Waals surface area contributed by atoms with Crippen molar-refractivity contribution in [3.8, 4) is 11.5 Å². The molecule has 7 heteroatoms. The Hall–Kier alpha value is -4.13. The van der Waals surface area contributed by atoms with Gasteiger partial charge in [-0.2, -0.15) is 0 Å². The largest absolute Gasteiger partial charge is 0.457 e. The van der Waals surface area contributed by atoms with Gasteiger partial charge in [-0.25, -0.2) is 0 Å². The van der Waals surface area contributed by atoms with Crippen LogP contribution < -0.4 is 15.0 Å². The number of ether oxygens (including phenoxy) is 1. The fourth-order valence-corrected chi connectivity index (χ4v) is 5.55. The molecule has 3 heterocycles. The first kappa shape index (κ1) is 21.4. The Labute approximate surface area is 203 Å². The second kappa shape index (κ2) is 7.98. The van der Waals surface area contributed by atoms with Crippen LogP contribution in [0.5, 0.6) is 11.5 Å². The van der Waals surface area contributed by atoms with Crippen LogP contribution in [-0.2, 0) is 9.59 Å². The molecule has 1 unspecified atom stereocenters. The van der Waals surface area contributed by atoms with Crippen LogP contribution >= 0.6 is 0 Å². The molecule has 3 aliphatic rings. The number of hydrogen-bond acceptors (Lipinski definition) is 4. The van der Waals surface area contributed by atoms with Crippen LogP contribution in [0.4, 0.5) is 5.69 Å². The summed E-state index contributed by atoms with van der Waals surface area (Å²) in [6.07, 6.45) is 1.03. The summed E-state index contributed by atoms with van der Waals surface area (Å²) in [6, 6.07) is 22.2. The van der Waals surface area contributed by atoms with E-state index in [4.69, 9.17) is 4.74 Å². The third-order valence-corrected chi connectivity index (χ3v) is 7.29. The second-order valence-corrected chi connectivity index (χ2v) is 9.35. The fraction of sp³-hybridized carbons (Fsp3) is 0.250. The molecule has 3 aromatic rings. The number of amides is 3. The molecule has 35 heavy (non-hydrogen) atoms. The number of hydrogen-bond donors (Lipinski definition) is 1. The van der Waals surface area contributed by atoms with Crippen LogP contribution in [-0.4, -0.2) is 34.8 Å². The van der Waals surface area contributed by atoms with Crippen molar-refractivity contribution in [3.63, 3.8) is 0 Å². The van der Waals surface area contributed by atoms with E-state index in [0.717, 1.165) is 11.1 Å². The molecule has 1 fully saturated rings. The third-order valence-electron chi connectivity index (χ3n) is 7.29. The van der Waals surface area contributed by atoms with Crippen molar-refractivity contribution in [1.29, 1.82) is 0 Å². The lowest BCUT2D eigenvalue weighted by molar-refractivity contribution is -0.122. The lowest BCUT2D eigenvalue weighted by atomic mass is 9.94. The molecule has 0 bridgehead atoms. The van der Waals surface area contributed by atoms with Crippen LogP contribution in [0.1, 0.15) is 53.7 Å². The van der Waals surface area contributed by atoms with Crippen molar-refractivity contribution in [1.82, 2.24) is 10.2 Å². The van der Waals surface area contributed by atoms with E-state index in [2.05, 4.69) is 5.32 Å². The van der Waals surface area contributed by atoms with Gasteiger partial charge in [0, 0.05) is 30.5 Å². The number of para-hydroxylation sites is 3. The maximum Gasteiger partial charge on any atom is 0.257 e. The predicted molar refractivity (Wildman–Crippen MR) is 130 cm³/mol. The van der Waals surface area contributed by atoms with Crippen molar-refractivity contribution in [2.75, 3.05) is 11.4 Å². The minimum atomic E-state index is -0.777. The molecule has 1 atom stereocenters. The van der Waals surface area contributed by atoms with Gasteiger partial charge in [0.05, 0.1) is 17.3 Å². The lowest BCUT2D eigenvalue weighted by Crippen LogP contribution is -2.62. The molecular formula is C28H25N3O4. The summed E-state index contributed by atoms with van der Waals surface area (Å²) in [5, 5.41) is 3.15. The van der Waals surface area contributed by atoms with Crippen molar-refractivity contribution in [3.05, 3.63) is 89.5 Å². The van der Waals surface area contributed by atoms with Gasteiger partial charge in [0.2, 0.25) is 11.8 Å². The van der Waals surface area contributed by atoms with E-state index < -0.39 is 5.66 Å². The van der Waals surface area contributed by atoms with E-state index in [1.54, 1.807) is 21.9 Å². The maximum absolute atomic E-state index is 13.4. The quantitative estimate of drug-likeness (QED) is 0.617. The average Bonchev–Trinajstić information content (AvgIpc) is 3.18. The number of anilines is 1. The Morgan fingerprint density at radius 1 is 0.971 bits per heavy atom. The van der Waals surface area contributed by atoms with Gasteiger partial charge < -0.3 is 15.0 Å². The Balaban J connectivity index is 1.25. The minimum absolute atomic E-state index is 0.00248. The van der Waals surface area contributed by atoms with Gasteiger partial charge in [0.1, 0.15) is 17.2 Å². The number of nitrogens with zero attached hydrogens (tertiary/aromatic N) is 2. The van der Waals surface area contributed by atoms with Crippen LogP contribution in [0.3, 0.4) is 0 Å². The number of carbonyl (C=O) groups is 3. The first-order chi connectivity index (χ1) is 17.0. The highest BCUT2D eigenvalue weighted by Crippen LogP contribution is 2.45. The van der Waals surface area contributed by atoms with Crippen LogP contribution in [0.2, 0.25) is 0 Å². The number of carbonyl (C=O) groups excluding carboxylic acids is 3. The normalized spacial score (nSPS) is 20.5. The molecule has 7 nitrogen and oxygen atoms in total. The van der Waals surface area contributed by atoms with Crippen molar-refractivity contribution in [2.24, 2.45) is 0 Å². The van der Waals surface area contributed by atoms with E-state index in [9.17, 15) is 14.4 Å². The van der Waals surface area contributed by atoms with Crippen molar-refractivity contribution >= 4 is 23.4 Å². The molecule has 0 spiro atoms. The minimum Gasteiger partial charge on any atom is -0.457 e.